The lowest BCUT2D eigenvalue weighted by atomic mass is 10.2. The van der Waals surface area contributed by atoms with E-state index >= 15 is 0 Å². The van der Waals surface area contributed by atoms with Crippen molar-refractivity contribution in [3.8, 4) is 0 Å². The van der Waals surface area contributed by atoms with Gasteiger partial charge in [-0.3, -0.25) is 4.79 Å². The molecule has 3 N–H and O–H groups in total. The minimum atomic E-state index is -3.71. The topological polar surface area (TPSA) is 115 Å². The number of nitrogens with one attached hydrogen (secondary N) is 1. The van der Waals surface area contributed by atoms with Crippen molar-refractivity contribution in [3.63, 3.8) is 0 Å². The monoisotopic (exact) mass is 332 g/mol. The van der Waals surface area contributed by atoms with Crippen LogP contribution in [0.4, 0.5) is 0 Å². The molecule has 1 heterocycles. The van der Waals surface area contributed by atoms with E-state index in [1.54, 1.807) is 18.2 Å². The number of aryl methyl sites for hydroxylation is 2. The zero-order valence-corrected chi connectivity index (χ0v) is 13.1. The van der Waals surface area contributed by atoms with Crippen LogP contribution >= 0.6 is 0 Å². The van der Waals surface area contributed by atoms with Crippen LogP contribution in [0.15, 0.2) is 35.2 Å². The van der Waals surface area contributed by atoms with Gasteiger partial charge in [-0.2, -0.15) is 5.10 Å². The van der Waals surface area contributed by atoms with Crippen LogP contribution in [0.5, 0.6) is 0 Å². The minimum Gasteiger partial charge on any atom is -0.347 e. The average Bonchev–Trinajstić information content (AvgIpc) is 2.99. The molecule has 0 saturated carbocycles. The Bertz CT molecular complexity index is 848. The Kier molecular flexibility index (Phi) is 4.10. The van der Waals surface area contributed by atoms with E-state index in [0.717, 1.165) is 36.1 Å². The predicted molar refractivity (Wildman–Crippen MR) is 83.0 cm³/mol. The summed E-state index contributed by atoms with van der Waals surface area (Å²) in [6, 6.07) is 7.82. The fraction of sp³-hybridized carbons (Fsp3) is 0.267. The van der Waals surface area contributed by atoms with E-state index in [1.165, 1.54) is 12.1 Å². The standard InChI is InChI=1S/C15H16N4O3S/c16-23(21,22)12-6-4-10(5-7-12)9-17-15(20)14-8-11-2-1-3-13(11)18-19-14/h4-8H,1-3,9H2,(H,17,20)(H2,16,21,22). The van der Waals surface area contributed by atoms with Crippen molar-refractivity contribution in [2.24, 2.45) is 5.14 Å². The fourth-order valence-corrected chi connectivity index (χ4v) is 3.03. The molecule has 1 aromatic carbocycles. The molecule has 23 heavy (non-hydrogen) atoms. The number of carbonyl (C=O) groups excluding carboxylic acids is 1. The molecule has 0 aliphatic heterocycles. The smallest absolute Gasteiger partial charge is 0.272 e. The van der Waals surface area contributed by atoms with Crippen molar-refractivity contribution >= 4 is 15.9 Å². The number of rotatable bonds is 4. The summed E-state index contributed by atoms with van der Waals surface area (Å²) < 4.78 is 22.4. The zero-order chi connectivity index (χ0) is 16.4. The number of nitrogens with zero attached hydrogens (tertiary/aromatic N) is 2. The second kappa shape index (κ2) is 6.05. The number of carbonyl (C=O) groups is 1. The lowest BCUT2D eigenvalue weighted by molar-refractivity contribution is 0.0944. The molecule has 2 aromatic rings. The summed E-state index contributed by atoms with van der Waals surface area (Å²) >= 11 is 0. The SMILES string of the molecule is NS(=O)(=O)c1ccc(CNC(=O)c2cc3c(nn2)CCC3)cc1. The molecule has 0 atom stereocenters. The van der Waals surface area contributed by atoms with Gasteiger partial charge in [0.15, 0.2) is 5.69 Å². The van der Waals surface area contributed by atoms with Crippen LogP contribution in [0, 0.1) is 0 Å². The van der Waals surface area contributed by atoms with Crippen LogP contribution in [0.1, 0.15) is 33.7 Å². The van der Waals surface area contributed by atoms with Gasteiger partial charge < -0.3 is 5.32 Å². The number of amides is 1. The Hall–Kier alpha value is -2.32. The van der Waals surface area contributed by atoms with Crippen molar-refractivity contribution in [1.29, 1.82) is 0 Å². The third-order valence-electron chi connectivity index (χ3n) is 3.76. The lowest BCUT2D eigenvalue weighted by Crippen LogP contribution is -2.24. The van der Waals surface area contributed by atoms with Gasteiger partial charge in [0.2, 0.25) is 10.0 Å². The molecule has 1 aliphatic carbocycles. The molecule has 7 nitrogen and oxygen atoms in total. The van der Waals surface area contributed by atoms with Gasteiger partial charge >= 0.3 is 0 Å². The fourth-order valence-electron chi connectivity index (χ4n) is 2.51. The normalized spacial score (nSPS) is 13.6. The van der Waals surface area contributed by atoms with Crippen molar-refractivity contribution in [3.05, 3.63) is 52.8 Å². The maximum atomic E-state index is 12.1. The maximum Gasteiger partial charge on any atom is 0.272 e. The van der Waals surface area contributed by atoms with E-state index in [1.807, 2.05) is 0 Å². The van der Waals surface area contributed by atoms with Gasteiger partial charge in [-0.25, -0.2) is 13.6 Å². The number of hydrogen-bond donors (Lipinski definition) is 2. The first kappa shape index (κ1) is 15.6. The lowest BCUT2D eigenvalue weighted by Gasteiger charge is -2.06. The van der Waals surface area contributed by atoms with Gasteiger partial charge in [-0.1, -0.05) is 12.1 Å². The molecule has 0 radical (unpaired) electrons. The molecule has 1 amide bonds. The van der Waals surface area contributed by atoms with Gasteiger partial charge in [-0.15, -0.1) is 5.10 Å². The van der Waals surface area contributed by atoms with Crippen molar-refractivity contribution < 1.29 is 13.2 Å². The Morgan fingerprint density at radius 1 is 1.17 bits per heavy atom. The van der Waals surface area contributed by atoms with Crippen LogP contribution < -0.4 is 10.5 Å². The number of benzene rings is 1. The maximum absolute atomic E-state index is 12.1. The number of nitrogens with two attached hydrogens (primary N) is 1. The summed E-state index contributed by atoms with van der Waals surface area (Å²) in [5, 5.41) is 15.8. The van der Waals surface area contributed by atoms with Crippen LogP contribution in [0.2, 0.25) is 0 Å². The van der Waals surface area contributed by atoms with Gasteiger partial charge in [0.05, 0.1) is 10.6 Å². The first-order chi connectivity index (χ1) is 10.9. The first-order valence-corrected chi connectivity index (χ1v) is 8.73. The third-order valence-corrected chi connectivity index (χ3v) is 4.69. The van der Waals surface area contributed by atoms with Gasteiger partial charge in [0, 0.05) is 6.54 Å². The van der Waals surface area contributed by atoms with E-state index < -0.39 is 10.0 Å². The number of hydrogen-bond acceptors (Lipinski definition) is 5. The molecule has 0 spiro atoms. The number of primary sulfonamides is 1. The highest BCUT2D eigenvalue weighted by molar-refractivity contribution is 7.89. The molecule has 0 saturated heterocycles. The van der Waals surface area contributed by atoms with Crippen LogP contribution in [0.25, 0.3) is 0 Å². The van der Waals surface area contributed by atoms with Gasteiger partial charge in [0.25, 0.3) is 5.91 Å². The molecule has 1 aromatic heterocycles. The molecule has 0 bridgehead atoms. The molecule has 3 rings (SSSR count). The second-order valence-corrected chi connectivity index (χ2v) is 6.99. The summed E-state index contributed by atoms with van der Waals surface area (Å²) in [7, 11) is -3.71. The predicted octanol–water partition coefficient (Wildman–Crippen LogP) is 0.543. The highest BCUT2D eigenvalue weighted by Crippen LogP contribution is 2.19. The average molecular weight is 332 g/mol. The van der Waals surface area contributed by atoms with Crippen LogP contribution in [-0.4, -0.2) is 24.5 Å². The van der Waals surface area contributed by atoms with Gasteiger partial charge in [0.1, 0.15) is 0 Å². The largest absolute Gasteiger partial charge is 0.347 e. The summed E-state index contributed by atoms with van der Waals surface area (Å²) in [6.45, 7) is 0.266. The molecule has 120 valence electrons. The molecule has 0 fully saturated rings. The Morgan fingerprint density at radius 3 is 2.61 bits per heavy atom. The Labute approximate surface area is 134 Å². The number of sulfonamides is 1. The Morgan fingerprint density at radius 2 is 1.91 bits per heavy atom. The molecular formula is C15H16N4O3S. The molecule has 0 unspecified atom stereocenters. The van der Waals surface area contributed by atoms with E-state index in [2.05, 4.69) is 15.5 Å². The van der Waals surface area contributed by atoms with Crippen molar-refractivity contribution in [2.45, 2.75) is 30.7 Å². The van der Waals surface area contributed by atoms with E-state index in [0.29, 0.717) is 5.69 Å². The minimum absolute atomic E-state index is 0.0389. The number of fused-ring (bicyclic) bond motifs is 1. The van der Waals surface area contributed by atoms with Crippen LogP contribution in [0.3, 0.4) is 0 Å². The summed E-state index contributed by atoms with van der Waals surface area (Å²) in [5.74, 6) is -0.303. The van der Waals surface area contributed by atoms with E-state index in [-0.39, 0.29) is 17.3 Å². The van der Waals surface area contributed by atoms with Crippen molar-refractivity contribution in [2.75, 3.05) is 0 Å². The molecule has 1 aliphatic rings. The van der Waals surface area contributed by atoms with Gasteiger partial charge in [-0.05, 0) is 48.6 Å². The molecular weight excluding hydrogens is 316 g/mol. The Balaban J connectivity index is 1.65. The highest BCUT2D eigenvalue weighted by Gasteiger charge is 2.16. The summed E-state index contributed by atoms with van der Waals surface area (Å²) in [5.41, 5.74) is 3.12. The van der Waals surface area contributed by atoms with E-state index in [9.17, 15) is 13.2 Å². The highest BCUT2D eigenvalue weighted by atomic mass is 32.2. The van der Waals surface area contributed by atoms with Crippen LogP contribution in [-0.2, 0) is 29.4 Å². The second-order valence-electron chi connectivity index (χ2n) is 5.43. The first-order valence-electron chi connectivity index (χ1n) is 7.19. The number of aromatic nitrogens is 2. The summed E-state index contributed by atoms with van der Waals surface area (Å²) in [6.07, 6.45) is 2.90. The third kappa shape index (κ3) is 3.54. The molecule has 8 heteroatoms. The summed E-state index contributed by atoms with van der Waals surface area (Å²) in [4.78, 5) is 12.2. The quantitative estimate of drug-likeness (QED) is 0.848. The van der Waals surface area contributed by atoms with E-state index in [4.69, 9.17) is 5.14 Å². The van der Waals surface area contributed by atoms with Crippen molar-refractivity contribution in [1.82, 2.24) is 15.5 Å². The zero-order valence-electron chi connectivity index (χ0n) is 12.3.